The Bertz CT molecular complexity index is 479. The van der Waals surface area contributed by atoms with Gasteiger partial charge in [0.15, 0.2) is 0 Å². The van der Waals surface area contributed by atoms with Crippen LogP contribution >= 0.6 is 11.6 Å². The highest BCUT2D eigenvalue weighted by Crippen LogP contribution is 2.27. The van der Waals surface area contributed by atoms with E-state index in [9.17, 15) is 10.1 Å². The molecule has 1 unspecified atom stereocenters. The van der Waals surface area contributed by atoms with Crippen molar-refractivity contribution in [3.63, 3.8) is 0 Å². The fourth-order valence-electron chi connectivity index (χ4n) is 2.74. The number of aliphatic hydroxyl groups excluding tert-OH is 1. The number of halogens is 1. The molecule has 1 aliphatic heterocycles. The van der Waals surface area contributed by atoms with Gasteiger partial charge in [-0.1, -0.05) is 18.0 Å². The highest BCUT2D eigenvalue weighted by atomic mass is 35.5. The summed E-state index contributed by atoms with van der Waals surface area (Å²) in [4.78, 5) is 12.6. The topological polar surface area (TPSA) is 66.6 Å². The van der Waals surface area contributed by atoms with Crippen molar-refractivity contribution in [1.29, 1.82) is 0 Å². The van der Waals surface area contributed by atoms with E-state index in [-0.39, 0.29) is 12.3 Å². The van der Waals surface area contributed by atoms with Gasteiger partial charge in [-0.05, 0) is 37.4 Å². The third-order valence-corrected chi connectivity index (χ3v) is 4.18. The Labute approximate surface area is 123 Å². The first kappa shape index (κ1) is 15.2. The lowest BCUT2D eigenvalue weighted by Gasteiger charge is -2.35. The van der Waals surface area contributed by atoms with E-state index in [1.165, 1.54) is 18.6 Å². The van der Waals surface area contributed by atoms with Gasteiger partial charge in [-0.15, -0.1) is 0 Å². The first-order chi connectivity index (χ1) is 9.61. The molecule has 1 aromatic carbocycles. The average molecular weight is 299 g/mol. The minimum Gasteiger partial charge on any atom is -0.396 e. The van der Waals surface area contributed by atoms with Gasteiger partial charge in [0.1, 0.15) is 0 Å². The molecule has 0 bridgehead atoms. The van der Waals surface area contributed by atoms with Crippen molar-refractivity contribution < 1.29 is 10.0 Å². The Morgan fingerprint density at radius 1 is 1.45 bits per heavy atom. The second kappa shape index (κ2) is 7.02. The molecule has 1 aromatic rings. The van der Waals surface area contributed by atoms with Crippen molar-refractivity contribution in [3.05, 3.63) is 38.9 Å². The van der Waals surface area contributed by atoms with E-state index in [1.54, 1.807) is 6.07 Å². The molecule has 0 spiro atoms. The van der Waals surface area contributed by atoms with Crippen molar-refractivity contribution in [2.75, 3.05) is 13.2 Å². The van der Waals surface area contributed by atoms with Crippen LogP contribution in [0.4, 0.5) is 5.69 Å². The van der Waals surface area contributed by atoms with Crippen LogP contribution in [0.25, 0.3) is 0 Å². The van der Waals surface area contributed by atoms with Gasteiger partial charge in [0.05, 0.1) is 9.95 Å². The Morgan fingerprint density at radius 3 is 2.90 bits per heavy atom. The highest BCUT2D eigenvalue weighted by Gasteiger charge is 2.23. The molecule has 1 N–H and O–H groups in total. The maximum atomic E-state index is 10.7. The number of hydrogen-bond donors (Lipinski definition) is 1. The van der Waals surface area contributed by atoms with Crippen LogP contribution in [0.1, 0.15) is 31.2 Å². The third-order valence-electron chi connectivity index (χ3n) is 3.83. The van der Waals surface area contributed by atoms with Crippen molar-refractivity contribution in [1.82, 2.24) is 4.90 Å². The number of rotatable bonds is 5. The minimum absolute atomic E-state index is 0.0179. The van der Waals surface area contributed by atoms with Gasteiger partial charge in [0.2, 0.25) is 0 Å². The van der Waals surface area contributed by atoms with E-state index < -0.39 is 4.92 Å². The number of benzene rings is 1. The Hall–Kier alpha value is -1.17. The normalized spacial score (nSPS) is 20.0. The molecular weight excluding hydrogens is 280 g/mol. The zero-order chi connectivity index (χ0) is 14.5. The predicted molar refractivity (Wildman–Crippen MR) is 77.9 cm³/mol. The van der Waals surface area contributed by atoms with Gasteiger partial charge in [-0.25, -0.2) is 0 Å². The molecule has 6 heteroatoms. The van der Waals surface area contributed by atoms with Crippen LogP contribution in [0.3, 0.4) is 0 Å². The maximum absolute atomic E-state index is 10.7. The number of piperidine rings is 1. The van der Waals surface area contributed by atoms with Crippen molar-refractivity contribution in [3.8, 4) is 0 Å². The van der Waals surface area contributed by atoms with Crippen LogP contribution in [0, 0.1) is 10.1 Å². The Kier molecular flexibility index (Phi) is 5.34. The average Bonchev–Trinajstić information content (AvgIpc) is 2.43. The quantitative estimate of drug-likeness (QED) is 0.670. The van der Waals surface area contributed by atoms with E-state index in [4.69, 9.17) is 16.7 Å². The van der Waals surface area contributed by atoms with E-state index in [1.807, 2.05) is 0 Å². The van der Waals surface area contributed by atoms with E-state index in [0.29, 0.717) is 17.6 Å². The van der Waals surface area contributed by atoms with Gasteiger partial charge in [-0.3, -0.25) is 15.0 Å². The van der Waals surface area contributed by atoms with Gasteiger partial charge in [0.25, 0.3) is 5.69 Å². The number of aliphatic hydroxyl groups is 1. The first-order valence-electron chi connectivity index (χ1n) is 6.89. The van der Waals surface area contributed by atoms with E-state index >= 15 is 0 Å². The second-order valence-electron chi connectivity index (χ2n) is 5.17. The fourth-order valence-corrected chi connectivity index (χ4v) is 2.98. The van der Waals surface area contributed by atoms with Crippen LogP contribution in [-0.2, 0) is 6.54 Å². The van der Waals surface area contributed by atoms with Gasteiger partial charge >= 0.3 is 0 Å². The SMILES string of the molecule is O=[N+]([O-])c1ccc(CN2CCCCC2CCO)c(Cl)c1. The fraction of sp³-hybridized carbons (Fsp3) is 0.571. The molecule has 2 rings (SSSR count). The number of nitrogens with zero attached hydrogens (tertiary/aromatic N) is 2. The predicted octanol–water partition coefficient (Wildman–Crippen LogP) is 2.99. The summed E-state index contributed by atoms with van der Waals surface area (Å²) < 4.78 is 0. The van der Waals surface area contributed by atoms with Gasteiger partial charge in [-0.2, -0.15) is 0 Å². The first-order valence-corrected chi connectivity index (χ1v) is 7.27. The zero-order valence-electron chi connectivity index (χ0n) is 11.3. The molecule has 0 saturated carbocycles. The molecule has 20 heavy (non-hydrogen) atoms. The smallest absolute Gasteiger partial charge is 0.270 e. The van der Waals surface area contributed by atoms with Crippen molar-refractivity contribution >= 4 is 17.3 Å². The monoisotopic (exact) mass is 298 g/mol. The van der Waals surface area contributed by atoms with E-state index in [0.717, 1.165) is 31.4 Å². The summed E-state index contributed by atoms with van der Waals surface area (Å²) in [6.45, 7) is 1.86. The third kappa shape index (κ3) is 3.69. The Morgan fingerprint density at radius 2 is 2.25 bits per heavy atom. The number of nitro groups is 1. The molecule has 1 aliphatic rings. The number of nitro benzene ring substituents is 1. The Balaban J connectivity index is 2.09. The lowest BCUT2D eigenvalue weighted by molar-refractivity contribution is -0.384. The summed E-state index contributed by atoms with van der Waals surface area (Å²) in [6.07, 6.45) is 4.19. The van der Waals surface area contributed by atoms with Crippen LogP contribution in [0.5, 0.6) is 0 Å². The minimum atomic E-state index is -0.439. The molecule has 0 aromatic heterocycles. The molecule has 1 heterocycles. The molecule has 0 radical (unpaired) electrons. The van der Waals surface area contributed by atoms with Crippen molar-refractivity contribution in [2.45, 2.75) is 38.3 Å². The molecular formula is C14H19ClN2O3. The summed E-state index contributed by atoms with van der Waals surface area (Å²) in [5, 5.41) is 20.3. The van der Waals surface area contributed by atoms with Crippen LogP contribution in [-0.4, -0.2) is 34.1 Å². The molecule has 5 nitrogen and oxygen atoms in total. The molecule has 0 amide bonds. The number of hydrogen-bond acceptors (Lipinski definition) is 4. The van der Waals surface area contributed by atoms with Crippen LogP contribution in [0.2, 0.25) is 5.02 Å². The van der Waals surface area contributed by atoms with Crippen LogP contribution in [0.15, 0.2) is 18.2 Å². The highest BCUT2D eigenvalue weighted by molar-refractivity contribution is 6.31. The molecule has 1 saturated heterocycles. The maximum Gasteiger partial charge on any atom is 0.270 e. The number of non-ortho nitro benzene ring substituents is 1. The van der Waals surface area contributed by atoms with Gasteiger partial charge in [0, 0.05) is 31.3 Å². The second-order valence-corrected chi connectivity index (χ2v) is 5.57. The summed E-state index contributed by atoms with van der Waals surface area (Å²) in [5.74, 6) is 0. The van der Waals surface area contributed by atoms with E-state index in [2.05, 4.69) is 4.90 Å². The summed E-state index contributed by atoms with van der Waals surface area (Å²) in [7, 11) is 0. The van der Waals surface area contributed by atoms with Crippen molar-refractivity contribution in [2.24, 2.45) is 0 Å². The summed E-state index contributed by atoms with van der Waals surface area (Å²) in [6, 6.07) is 5.00. The summed E-state index contributed by atoms with van der Waals surface area (Å²) >= 11 is 6.14. The molecule has 110 valence electrons. The lowest BCUT2D eigenvalue weighted by Crippen LogP contribution is -2.39. The molecule has 1 atom stereocenters. The van der Waals surface area contributed by atoms with Gasteiger partial charge < -0.3 is 5.11 Å². The molecule has 0 aliphatic carbocycles. The van der Waals surface area contributed by atoms with Crippen LogP contribution < -0.4 is 0 Å². The standard InChI is InChI=1S/C14H19ClN2O3/c15-14-9-13(17(19)20)5-4-11(14)10-16-7-2-1-3-12(16)6-8-18/h4-5,9,12,18H,1-3,6-8,10H2. The zero-order valence-corrected chi connectivity index (χ0v) is 12.1. The molecule has 1 fully saturated rings. The summed E-state index contributed by atoms with van der Waals surface area (Å²) in [5.41, 5.74) is 0.923. The largest absolute Gasteiger partial charge is 0.396 e. The number of likely N-dealkylation sites (tertiary alicyclic amines) is 1. The lowest BCUT2D eigenvalue weighted by atomic mass is 9.99.